The zero-order valence-electron chi connectivity index (χ0n) is 12.0. The second-order valence-corrected chi connectivity index (χ2v) is 6.51. The molecule has 0 amide bonds. The van der Waals surface area contributed by atoms with Gasteiger partial charge in [-0.2, -0.15) is 0 Å². The third kappa shape index (κ3) is 4.16. The van der Waals surface area contributed by atoms with Crippen molar-refractivity contribution in [3.8, 4) is 5.75 Å². The van der Waals surface area contributed by atoms with Crippen molar-refractivity contribution in [3.05, 3.63) is 23.8 Å². The molecule has 1 aromatic rings. The second kappa shape index (κ2) is 6.88. The van der Waals surface area contributed by atoms with Gasteiger partial charge < -0.3 is 14.9 Å². The van der Waals surface area contributed by atoms with E-state index in [0.717, 1.165) is 6.07 Å². The Morgan fingerprint density at radius 1 is 1.38 bits per heavy atom. The van der Waals surface area contributed by atoms with Gasteiger partial charge in [0.1, 0.15) is 10.6 Å². The topological polar surface area (TPSA) is 113 Å². The first-order chi connectivity index (χ1) is 9.72. The SMILES string of the molecule is COc1ccc(C(=O)O)cc1S(=O)(=O)N[C@H](CO)C(C)C. The average molecular weight is 317 g/mol. The van der Waals surface area contributed by atoms with Crippen LogP contribution in [-0.4, -0.2) is 44.4 Å². The van der Waals surface area contributed by atoms with Gasteiger partial charge in [0.2, 0.25) is 10.0 Å². The quantitative estimate of drug-likeness (QED) is 0.682. The lowest BCUT2D eigenvalue weighted by Crippen LogP contribution is -2.41. The lowest BCUT2D eigenvalue weighted by atomic mass is 10.1. The number of carboxylic acid groups (broad SMARTS) is 1. The van der Waals surface area contributed by atoms with E-state index in [1.807, 2.05) is 0 Å². The zero-order chi connectivity index (χ0) is 16.2. The van der Waals surface area contributed by atoms with Gasteiger partial charge in [-0.05, 0) is 24.1 Å². The van der Waals surface area contributed by atoms with E-state index >= 15 is 0 Å². The molecule has 0 radical (unpaired) electrons. The summed E-state index contributed by atoms with van der Waals surface area (Å²) >= 11 is 0. The van der Waals surface area contributed by atoms with E-state index in [9.17, 15) is 18.3 Å². The molecule has 3 N–H and O–H groups in total. The highest BCUT2D eigenvalue weighted by molar-refractivity contribution is 7.89. The van der Waals surface area contributed by atoms with Crippen molar-refractivity contribution < 1.29 is 28.2 Å². The first-order valence-corrected chi connectivity index (χ1v) is 7.75. The van der Waals surface area contributed by atoms with Crippen LogP contribution in [0, 0.1) is 5.92 Å². The highest BCUT2D eigenvalue weighted by atomic mass is 32.2. The first kappa shape index (κ1) is 17.4. The van der Waals surface area contributed by atoms with Crippen molar-refractivity contribution in [2.75, 3.05) is 13.7 Å². The normalized spacial score (nSPS) is 13.2. The molecule has 0 aliphatic rings. The van der Waals surface area contributed by atoms with E-state index in [1.54, 1.807) is 13.8 Å². The number of rotatable bonds is 7. The van der Waals surface area contributed by atoms with E-state index in [-0.39, 0.29) is 28.7 Å². The highest BCUT2D eigenvalue weighted by Gasteiger charge is 2.26. The number of ether oxygens (including phenoxy) is 1. The Morgan fingerprint density at radius 2 is 2.00 bits per heavy atom. The molecule has 0 spiro atoms. The lowest BCUT2D eigenvalue weighted by molar-refractivity contribution is 0.0696. The minimum atomic E-state index is -4.01. The van der Waals surface area contributed by atoms with E-state index in [1.165, 1.54) is 19.2 Å². The number of nitrogens with one attached hydrogen (secondary N) is 1. The lowest BCUT2D eigenvalue weighted by Gasteiger charge is -2.20. The Morgan fingerprint density at radius 3 is 2.43 bits per heavy atom. The fourth-order valence-corrected chi connectivity index (χ4v) is 3.24. The third-order valence-electron chi connectivity index (χ3n) is 3.01. The predicted molar refractivity (Wildman–Crippen MR) is 76.0 cm³/mol. The third-order valence-corrected chi connectivity index (χ3v) is 4.52. The fourth-order valence-electron chi connectivity index (χ4n) is 1.67. The maximum absolute atomic E-state index is 12.4. The maximum Gasteiger partial charge on any atom is 0.335 e. The molecule has 118 valence electrons. The molecule has 0 saturated carbocycles. The Hall–Kier alpha value is -1.64. The van der Waals surface area contributed by atoms with Crippen molar-refractivity contribution in [1.82, 2.24) is 4.72 Å². The molecule has 8 heteroatoms. The summed E-state index contributed by atoms with van der Waals surface area (Å²) in [5, 5.41) is 18.2. The minimum absolute atomic E-state index is 0.0351. The number of aliphatic hydroxyl groups is 1. The summed E-state index contributed by atoms with van der Waals surface area (Å²) in [5.41, 5.74) is -0.165. The van der Waals surface area contributed by atoms with Crippen molar-refractivity contribution in [2.24, 2.45) is 5.92 Å². The van der Waals surface area contributed by atoms with E-state index in [2.05, 4.69) is 4.72 Å². The predicted octanol–water partition coefficient (Wildman–Crippen LogP) is 0.689. The molecule has 0 bridgehead atoms. The summed E-state index contributed by atoms with van der Waals surface area (Å²) in [5.74, 6) is -1.33. The molecule has 1 rings (SSSR count). The number of hydrogen-bond donors (Lipinski definition) is 3. The molecule has 0 heterocycles. The van der Waals surface area contributed by atoms with Crippen molar-refractivity contribution >= 4 is 16.0 Å². The smallest absolute Gasteiger partial charge is 0.335 e. The van der Waals surface area contributed by atoms with Crippen LogP contribution in [0.2, 0.25) is 0 Å². The van der Waals surface area contributed by atoms with Gasteiger partial charge >= 0.3 is 5.97 Å². The summed E-state index contributed by atoms with van der Waals surface area (Å²) in [6.45, 7) is 3.15. The van der Waals surface area contributed by atoms with Gasteiger partial charge in [0, 0.05) is 6.04 Å². The highest BCUT2D eigenvalue weighted by Crippen LogP contribution is 2.25. The van der Waals surface area contributed by atoms with Crippen LogP contribution < -0.4 is 9.46 Å². The number of carboxylic acids is 1. The molecule has 1 aromatic carbocycles. The summed E-state index contributed by atoms with van der Waals surface area (Å²) in [7, 11) is -2.72. The average Bonchev–Trinajstić information content (AvgIpc) is 2.43. The molecule has 21 heavy (non-hydrogen) atoms. The van der Waals surface area contributed by atoms with Gasteiger partial charge in [0.05, 0.1) is 19.3 Å². The molecule has 0 aliphatic carbocycles. The first-order valence-electron chi connectivity index (χ1n) is 6.27. The minimum Gasteiger partial charge on any atom is -0.495 e. The molecule has 0 fully saturated rings. The molecule has 0 saturated heterocycles. The number of aliphatic hydroxyl groups excluding tert-OH is 1. The van der Waals surface area contributed by atoms with Crippen molar-refractivity contribution in [3.63, 3.8) is 0 Å². The Labute approximate surface area is 123 Å². The van der Waals surface area contributed by atoms with Crippen LogP contribution in [-0.2, 0) is 10.0 Å². The van der Waals surface area contributed by atoms with Crippen LogP contribution in [0.25, 0.3) is 0 Å². The monoisotopic (exact) mass is 317 g/mol. The molecule has 7 nitrogen and oxygen atoms in total. The summed E-state index contributed by atoms with van der Waals surface area (Å²) < 4.78 is 32.0. The number of benzene rings is 1. The molecule has 0 aromatic heterocycles. The second-order valence-electron chi connectivity index (χ2n) is 4.83. The van der Waals surface area contributed by atoms with Gasteiger partial charge in [0.25, 0.3) is 0 Å². The van der Waals surface area contributed by atoms with Crippen LogP contribution in [0.1, 0.15) is 24.2 Å². The molecule has 0 aliphatic heterocycles. The zero-order valence-corrected chi connectivity index (χ0v) is 12.8. The molecular formula is C13H19NO6S. The molecular weight excluding hydrogens is 298 g/mol. The van der Waals surface area contributed by atoms with Crippen LogP contribution in [0.5, 0.6) is 5.75 Å². The van der Waals surface area contributed by atoms with Gasteiger partial charge in [0.15, 0.2) is 0 Å². The number of methoxy groups -OCH3 is 1. The van der Waals surface area contributed by atoms with E-state index in [4.69, 9.17) is 9.84 Å². The number of sulfonamides is 1. The Bertz CT molecular complexity index is 611. The summed E-state index contributed by atoms with van der Waals surface area (Å²) in [6.07, 6.45) is 0. The van der Waals surface area contributed by atoms with Crippen molar-refractivity contribution in [2.45, 2.75) is 24.8 Å². The number of aromatic carboxylic acids is 1. The largest absolute Gasteiger partial charge is 0.495 e. The van der Waals surface area contributed by atoms with Crippen LogP contribution in [0.3, 0.4) is 0 Å². The molecule has 1 atom stereocenters. The van der Waals surface area contributed by atoms with E-state index in [0.29, 0.717) is 0 Å². The van der Waals surface area contributed by atoms with Gasteiger partial charge in [-0.25, -0.2) is 17.9 Å². The maximum atomic E-state index is 12.4. The van der Waals surface area contributed by atoms with Crippen LogP contribution >= 0.6 is 0 Å². The summed E-state index contributed by atoms with van der Waals surface area (Å²) in [4.78, 5) is 10.7. The van der Waals surface area contributed by atoms with Gasteiger partial charge in [-0.3, -0.25) is 0 Å². The standard InChI is InChI=1S/C13H19NO6S/c1-8(2)10(7-15)14-21(18,19)12-6-9(13(16)17)4-5-11(12)20-3/h4-6,8,10,14-15H,7H2,1-3H3,(H,16,17)/t10-/m1/s1. The van der Waals surface area contributed by atoms with Crippen molar-refractivity contribution in [1.29, 1.82) is 0 Å². The summed E-state index contributed by atoms with van der Waals surface area (Å²) in [6, 6.07) is 2.89. The van der Waals surface area contributed by atoms with E-state index < -0.39 is 22.0 Å². The Balaban J connectivity index is 3.29. The van der Waals surface area contributed by atoms with Gasteiger partial charge in [-0.15, -0.1) is 0 Å². The fraction of sp³-hybridized carbons (Fsp3) is 0.462. The molecule has 0 unspecified atom stereocenters. The number of hydrogen-bond acceptors (Lipinski definition) is 5. The number of carbonyl (C=O) groups is 1. The van der Waals surface area contributed by atoms with Crippen LogP contribution in [0.4, 0.5) is 0 Å². The van der Waals surface area contributed by atoms with Gasteiger partial charge in [-0.1, -0.05) is 13.8 Å². The van der Waals surface area contributed by atoms with Crippen LogP contribution in [0.15, 0.2) is 23.1 Å². The Kier molecular flexibility index (Phi) is 5.70.